The Balaban J connectivity index is 0.00000288. The fourth-order valence-corrected chi connectivity index (χ4v) is 4.69. The summed E-state index contributed by atoms with van der Waals surface area (Å²) in [7, 11) is 0.0253. The summed E-state index contributed by atoms with van der Waals surface area (Å²) < 4.78 is 29.9. The van der Waals surface area contributed by atoms with Crippen molar-refractivity contribution in [2.45, 2.75) is 13.3 Å². The fraction of sp³-hybridized carbons (Fsp3) is 0.857. The van der Waals surface area contributed by atoms with E-state index >= 15 is 0 Å². The molecular formula is C14H27IN4O4S. The molecule has 0 saturated carbocycles. The van der Waals surface area contributed by atoms with Crippen molar-refractivity contribution in [2.75, 3.05) is 52.6 Å². The van der Waals surface area contributed by atoms with Crippen molar-refractivity contribution in [3.63, 3.8) is 0 Å². The quantitative estimate of drug-likeness (QED) is 0.266. The lowest BCUT2D eigenvalue weighted by Crippen LogP contribution is -2.44. The van der Waals surface area contributed by atoms with Crippen LogP contribution in [0.15, 0.2) is 4.99 Å². The molecule has 0 aliphatic carbocycles. The molecule has 2 aliphatic heterocycles. The van der Waals surface area contributed by atoms with Gasteiger partial charge in [-0.25, -0.2) is 12.7 Å². The van der Waals surface area contributed by atoms with Gasteiger partial charge >= 0.3 is 5.97 Å². The van der Waals surface area contributed by atoms with Crippen molar-refractivity contribution in [1.29, 1.82) is 0 Å². The normalized spacial score (nSPS) is 27.0. The van der Waals surface area contributed by atoms with Gasteiger partial charge in [0.2, 0.25) is 10.0 Å². The van der Waals surface area contributed by atoms with Crippen LogP contribution in [0.1, 0.15) is 13.3 Å². The zero-order valence-electron chi connectivity index (χ0n) is 14.4. The van der Waals surface area contributed by atoms with Gasteiger partial charge in [-0.15, -0.1) is 24.0 Å². The number of halogens is 1. The maximum Gasteiger partial charge on any atom is 0.310 e. The van der Waals surface area contributed by atoms with Crippen LogP contribution in [0.25, 0.3) is 0 Å². The molecule has 2 rings (SSSR count). The van der Waals surface area contributed by atoms with E-state index in [9.17, 15) is 13.2 Å². The lowest BCUT2D eigenvalue weighted by Gasteiger charge is -2.22. The second-order valence-corrected chi connectivity index (χ2v) is 8.14. The molecule has 0 aromatic rings. The van der Waals surface area contributed by atoms with Gasteiger partial charge in [0.1, 0.15) is 0 Å². The molecule has 10 heteroatoms. The predicted molar refractivity (Wildman–Crippen MR) is 103 cm³/mol. The molecule has 0 radical (unpaired) electrons. The van der Waals surface area contributed by atoms with Gasteiger partial charge in [0.25, 0.3) is 0 Å². The van der Waals surface area contributed by atoms with Crippen LogP contribution in [-0.4, -0.2) is 82.2 Å². The first-order valence-corrected chi connectivity index (χ1v) is 9.51. The summed E-state index contributed by atoms with van der Waals surface area (Å²) in [5.41, 5.74) is 0. The third-order valence-corrected chi connectivity index (χ3v) is 6.43. The van der Waals surface area contributed by atoms with Crippen LogP contribution in [0.4, 0.5) is 0 Å². The zero-order chi connectivity index (χ0) is 17.0. The number of carbonyl (C=O) groups is 1. The number of nitrogens with zero attached hydrogens (tertiary/aromatic N) is 3. The highest BCUT2D eigenvalue weighted by Crippen LogP contribution is 2.24. The summed E-state index contributed by atoms with van der Waals surface area (Å²) in [6, 6.07) is 0. The van der Waals surface area contributed by atoms with Gasteiger partial charge in [0.15, 0.2) is 5.96 Å². The standard InChI is InChI=1S/C14H26N4O4S.HI/c1-11-9-17(10-12(11)13(19)22-3)14(15-2)16-5-7-18-6-4-8-23(18,20)21;/h11-12H,4-10H2,1-3H3,(H,15,16);1H. The molecule has 0 aromatic carbocycles. The maximum atomic E-state index is 11.8. The minimum Gasteiger partial charge on any atom is -0.469 e. The number of methoxy groups -OCH3 is 1. The third kappa shape index (κ3) is 4.94. The van der Waals surface area contributed by atoms with E-state index in [1.165, 1.54) is 11.4 Å². The molecule has 2 saturated heterocycles. The Hall–Kier alpha value is -0.620. The smallest absolute Gasteiger partial charge is 0.310 e. The number of carbonyl (C=O) groups excluding carboxylic acids is 1. The number of rotatable bonds is 4. The maximum absolute atomic E-state index is 11.8. The summed E-state index contributed by atoms with van der Waals surface area (Å²) in [6.07, 6.45) is 0.696. The Labute approximate surface area is 161 Å². The number of sulfonamides is 1. The molecule has 140 valence electrons. The number of ether oxygens (including phenoxy) is 1. The van der Waals surface area contributed by atoms with Crippen LogP contribution < -0.4 is 5.32 Å². The Morgan fingerprint density at radius 1 is 1.38 bits per heavy atom. The van der Waals surface area contributed by atoms with Gasteiger partial charge in [0.05, 0.1) is 18.8 Å². The summed E-state index contributed by atoms with van der Waals surface area (Å²) in [5, 5.41) is 3.19. The molecular weight excluding hydrogens is 447 g/mol. The van der Waals surface area contributed by atoms with E-state index in [2.05, 4.69) is 10.3 Å². The van der Waals surface area contributed by atoms with Crippen molar-refractivity contribution < 1.29 is 17.9 Å². The first kappa shape index (κ1) is 21.4. The van der Waals surface area contributed by atoms with E-state index in [1.807, 2.05) is 11.8 Å². The number of hydrogen-bond acceptors (Lipinski definition) is 5. The summed E-state index contributed by atoms with van der Waals surface area (Å²) in [4.78, 5) is 18.0. The number of aliphatic imine (C=N–C) groups is 1. The Morgan fingerprint density at radius 2 is 2.08 bits per heavy atom. The van der Waals surface area contributed by atoms with Gasteiger partial charge in [-0.1, -0.05) is 6.92 Å². The number of guanidine groups is 1. The average Bonchev–Trinajstić information content (AvgIpc) is 3.05. The van der Waals surface area contributed by atoms with E-state index in [1.54, 1.807) is 7.05 Å². The molecule has 2 atom stereocenters. The van der Waals surface area contributed by atoms with Gasteiger partial charge in [-0.3, -0.25) is 9.79 Å². The van der Waals surface area contributed by atoms with Crippen molar-refractivity contribution in [3.05, 3.63) is 0 Å². The Bertz CT molecular complexity index is 569. The Kier molecular flexibility index (Phi) is 8.20. The molecule has 8 nitrogen and oxygen atoms in total. The largest absolute Gasteiger partial charge is 0.469 e. The molecule has 24 heavy (non-hydrogen) atoms. The zero-order valence-corrected chi connectivity index (χ0v) is 17.5. The summed E-state index contributed by atoms with van der Waals surface area (Å²) >= 11 is 0. The second-order valence-electron chi connectivity index (χ2n) is 6.05. The number of hydrogen-bond donors (Lipinski definition) is 1. The topological polar surface area (TPSA) is 91.3 Å². The molecule has 2 aliphatic rings. The van der Waals surface area contributed by atoms with Crippen LogP contribution in [0.3, 0.4) is 0 Å². The van der Waals surface area contributed by atoms with Crippen molar-refractivity contribution in [1.82, 2.24) is 14.5 Å². The lowest BCUT2D eigenvalue weighted by atomic mass is 9.99. The lowest BCUT2D eigenvalue weighted by molar-refractivity contribution is -0.145. The fourth-order valence-electron chi connectivity index (χ4n) is 3.17. The van der Waals surface area contributed by atoms with Crippen molar-refractivity contribution in [3.8, 4) is 0 Å². The van der Waals surface area contributed by atoms with Gasteiger partial charge < -0.3 is 15.0 Å². The number of nitrogens with one attached hydrogen (secondary N) is 1. The Morgan fingerprint density at radius 3 is 2.62 bits per heavy atom. The first-order valence-electron chi connectivity index (χ1n) is 7.90. The summed E-state index contributed by atoms with van der Waals surface area (Å²) in [5.74, 6) is 0.780. The average molecular weight is 474 g/mol. The van der Waals surface area contributed by atoms with Crippen molar-refractivity contribution >= 4 is 45.9 Å². The highest BCUT2D eigenvalue weighted by atomic mass is 127. The molecule has 0 aromatic heterocycles. The van der Waals surface area contributed by atoms with Crippen LogP contribution in [0.5, 0.6) is 0 Å². The predicted octanol–water partition coefficient (Wildman–Crippen LogP) is -0.0438. The van der Waals surface area contributed by atoms with Crippen LogP contribution >= 0.6 is 24.0 Å². The highest BCUT2D eigenvalue weighted by molar-refractivity contribution is 14.0. The monoisotopic (exact) mass is 474 g/mol. The number of likely N-dealkylation sites (tertiary alicyclic amines) is 1. The number of esters is 1. The first-order chi connectivity index (χ1) is 10.9. The van der Waals surface area contributed by atoms with Gasteiger partial charge in [-0.05, 0) is 12.3 Å². The molecule has 0 spiro atoms. The van der Waals surface area contributed by atoms with E-state index in [4.69, 9.17) is 4.74 Å². The second kappa shape index (κ2) is 9.18. The van der Waals surface area contributed by atoms with E-state index < -0.39 is 10.0 Å². The van der Waals surface area contributed by atoms with Crippen LogP contribution in [0, 0.1) is 11.8 Å². The molecule has 2 fully saturated rings. The molecule has 1 N–H and O–H groups in total. The van der Waals surface area contributed by atoms with Gasteiger partial charge in [0, 0.05) is 39.8 Å². The van der Waals surface area contributed by atoms with E-state index in [-0.39, 0.29) is 47.5 Å². The van der Waals surface area contributed by atoms with Crippen molar-refractivity contribution in [2.24, 2.45) is 16.8 Å². The molecule has 2 unspecified atom stereocenters. The highest BCUT2D eigenvalue weighted by Gasteiger charge is 2.37. The van der Waals surface area contributed by atoms with Gasteiger partial charge in [-0.2, -0.15) is 0 Å². The molecule has 0 bridgehead atoms. The van der Waals surface area contributed by atoms with E-state index in [0.717, 1.165) is 6.54 Å². The minimum absolute atomic E-state index is 0. The van der Waals surface area contributed by atoms with E-state index in [0.29, 0.717) is 38.6 Å². The minimum atomic E-state index is -3.06. The third-order valence-electron chi connectivity index (χ3n) is 4.48. The summed E-state index contributed by atoms with van der Waals surface area (Å²) in [6.45, 7) is 4.83. The molecule has 0 amide bonds. The SMILES string of the molecule is CN=C(NCCN1CCCS1(=O)=O)N1CC(C)C(C(=O)OC)C1.I. The van der Waals surface area contributed by atoms with Crippen LogP contribution in [0.2, 0.25) is 0 Å². The molecule has 2 heterocycles. The van der Waals surface area contributed by atoms with Crippen LogP contribution in [-0.2, 0) is 19.6 Å².